The van der Waals surface area contributed by atoms with E-state index in [0.717, 1.165) is 18.4 Å². The molecule has 41 heavy (non-hydrogen) atoms. The number of sulfonamides is 1. The number of halogens is 1. The molecule has 2 aromatic heterocycles. The van der Waals surface area contributed by atoms with E-state index in [9.17, 15) is 26.3 Å². The van der Waals surface area contributed by atoms with E-state index < -0.39 is 42.4 Å². The third-order valence-corrected chi connectivity index (χ3v) is 8.21. The van der Waals surface area contributed by atoms with Crippen LogP contribution in [0.1, 0.15) is 11.7 Å². The first kappa shape index (κ1) is 29.7. The lowest BCUT2D eigenvalue weighted by molar-refractivity contribution is 0.198. The minimum Gasteiger partial charge on any atom is -0.494 e. The molecule has 2 N–H and O–H groups in total. The van der Waals surface area contributed by atoms with Gasteiger partial charge in [0.2, 0.25) is 21.9 Å². The molecule has 0 spiro atoms. The van der Waals surface area contributed by atoms with E-state index in [1.807, 2.05) is 0 Å². The first-order chi connectivity index (χ1) is 19.4. The standard InChI is InChI=1S/C25H26FN5O8S2/c1-37-19-8-6-9-20(38-2)23(19)31-24(17-7-5-10-22(27-17)39-3)28-29-25(31)30-41(35,36)14-18(32)16-12-11-15(26)13-21(16)40(4,33)34/h5-13,18,32H,14H2,1-4H3,(H,29,30)/t18-/m1/s1. The van der Waals surface area contributed by atoms with E-state index in [0.29, 0.717) is 6.07 Å². The third kappa shape index (κ3) is 6.39. The van der Waals surface area contributed by atoms with E-state index in [4.69, 9.17) is 14.2 Å². The van der Waals surface area contributed by atoms with Crippen LogP contribution in [0.3, 0.4) is 0 Å². The number of nitrogens with zero attached hydrogens (tertiary/aromatic N) is 4. The number of aliphatic hydroxyl groups excluding tert-OH is 1. The molecule has 4 aromatic rings. The summed E-state index contributed by atoms with van der Waals surface area (Å²) in [7, 11) is -4.18. The Balaban J connectivity index is 1.82. The van der Waals surface area contributed by atoms with Gasteiger partial charge in [-0.05, 0) is 30.3 Å². The maximum atomic E-state index is 13.8. The number of benzene rings is 2. The normalized spacial score (nSPS) is 12.5. The summed E-state index contributed by atoms with van der Waals surface area (Å²) in [5, 5.41) is 18.9. The SMILES string of the molecule is COc1cccc(-c2nnc(NS(=O)(=O)C[C@@H](O)c3ccc(F)cc3S(C)(=O)=O)n2-c2c(OC)cccc2OC)n1. The molecule has 0 saturated heterocycles. The fourth-order valence-electron chi connectivity index (χ4n) is 4.02. The highest BCUT2D eigenvalue weighted by Gasteiger charge is 2.29. The Morgan fingerprint density at radius 1 is 0.951 bits per heavy atom. The van der Waals surface area contributed by atoms with Crippen LogP contribution in [0.5, 0.6) is 17.4 Å². The maximum absolute atomic E-state index is 13.8. The van der Waals surface area contributed by atoms with E-state index in [-0.39, 0.29) is 46.1 Å². The summed E-state index contributed by atoms with van der Waals surface area (Å²) in [5.74, 6) is -1.28. The van der Waals surface area contributed by atoms with Crippen LogP contribution in [0.2, 0.25) is 0 Å². The van der Waals surface area contributed by atoms with Crippen molar-refractivity contribution in [3.05, 3.63) is 66.0 Å². The van der Waals surface area contributed by atoms with Crippen LogP contribution in [0.4, 0.5) is 10.3 Å². The number of hydrogen-bond acceptors (Lipinski definition) is 11. The van der Waals surface area contributed by atoms with Crippen LogP contribution in [-0.4, -0.2) is 75.0 Å². The Morgan fingerprint density at radius 3 is 2.22 bits per heavy atom. The molecule has 0 aliphatic carbocycles. The number of pyridine rings is 1. The number of aromatic nitrogens is 4. The molecule has 0 aliphatic heterocycles. The van der Waals surface area contributed by atoms with E-state index >= 15 is 0 Å². The zero-order valence-electron chi connectivity index (χ0n) is 22.3. The number of ether oxygens (including phenoxy) is 3. The lowest BCUT2D eigenvalue weighted by atomic mass is 10.1. The van der Waals surface area contributed by atoms with Gasteiger partial charge in [-0.15, -0.1) is 10.2 Å². The zero-order chi connectivity index (χ0) is 29.9. The Hall–Kier alpha value is -4.28. The molecule has 0 unspecified atom stereocenters. The Labute approximate surface area is 235 Å². The summed E-state index contributed by atoms with van der Waals surface area (Å²) in [6.07, 6.45) is -1.02. The topological polar surface area (TPSA) is 172 Å². The van der Waals surface area contributed by atoms with Gasteiger partial charge in [0.25, 0.3) is 0 Å². The molecule has 1 atom stereocenters. The monoisotopic (exact) mass is 607 g/mol. The van der Waals surface area contributed by atoms with Gasteiger partial charge in [-0.2, -0.15) is 0 Å². The van der Waals surface area contributed by atoms with Gasteiger partial charge in [-0.1, -0.05) is 18.2 Å². The molecule has 0 fully saturated rings. The summed E-state index contributed by atoms with van der Waals surface area (Å²) in [6, 6.07) is 12.4. The van der Waals surface area contributed by atoms with Gasteiger partial charge in [-0.25, -0.2) is 26.2 Å². The highest BCUT2D eigenvalue weighted by Crippen LogP contribution is 2.37. The number of rotatable bonds is 11. The number of nitrogens with one attached hydrogen (secondary N) is 1. The largest absolute Gasteiger partial charge is 0.494 e. The first-order valence-electron chi connectivity index (χ1n) is 11.7. The minimum atomic E-state index is -4.44. The number of methoxy groups -OCH3 is 3. The van der Waals surface area contributed by atoms with Crippen molar-refractivity contribution in [2.24, 2.45) is 0 Å². The molecule has 4 rings (SSSR count). The molecule has 2 heterocycles. The van der Waals surface area contributed by atoms with Gasteiger partial charge in [0.15, 0.2) is 15.7 Å². The number of aliphatic hydroxyl groups is 1. The van der Waals surface area contributed by atoms with Crippen molar-refractivity contribution in [2.45, 2.75) is 11.0 Å². The third-order valence-electron chi connectivity index (χ3n) is 5.81. The van der Waals surface area contributed by atoms with Crippen molar-refractivity contribution in [3.63, 3.8) is 0 Å². The average molecular weight is 608 g/mol. The van der Waals surface area contributed by atoms with Crippen LogP contribution >= 0.6 is 0 Å². The van der Waals surface area contributed by atoms with Gasteiger partial charge in [0, 0.05) is 17.9 Å². The van der Waals surface area contributed by atoms with Gasteiger partial charge in [0.05, 0.1) is 38.1 Å². The Morgan fingerprint density at radius 2 is 1.61 bits per heavy atom. The summed E-state index contributed by atoms with van der Waals surface area (Å²) < 4.78 is 84.5. The average Bonchev–Trinajstić information content (AvgIpc) is 3.33. The molecular formula is C25H26FN5O8S2. The first-order valence-corrected chi connectivity index (χ1v) is 15.3. The van der Waals surface area contributed by atoms with E-state index in [1.165, 1.54) is 25.9 Å². The molecule has 0 radical (unpaired) electrons. The van der Waals surface area contributed by atoms with Gasteiger partial charge < -0.3 is 19.3 Å². The Bertz CT molecular complexity index is 1770. The van der Waals surface area contributed by atoms with Crippen LogP contribution in [0.25, 0.3) is 17.2 Å². The van der Waals surface area contributed by atoms with Crippen LogP contribution < -0.4 is 18.9 Å². The molecule has 0 bridgehead atoms. The molecule has 2 aromatic carbocycles. The van der Waals surface area contributed by atoms with Gasteiger partial charge in [0.1, 0.15) is 28.7 Å². The van der Waals surface area contributed by atoms with Crippen molar-refractivity contribution in [3.8, 4) is 34.6 Å². The van der Waals surface area contributed by atoms with Crippen molar-refractivity contribution in [2.75, 3.05) is 38.1 Å². The smallest absolute Gasteiger partial charge is 0.243 e. The van der Waals surface area contributed by atoms with Crippen LogP contribution in [-0.2, 0) is 19.9 Å². The summed E-state index contributed by atoms with van der Waals surface area (Å²) >= 11 is 0. The quantitative estimate of drug-likeness (QED) is 0.256. The summed E-state index contributed by atoms with van der Waals surface area (Å²) in [4.78, 5) is 3.83. The molecule has 13 nitrogen and oxygen atoms in total. The minimum absolute atomic E-state index is 0.0860. The molecule has 0 amide bonds. The lowest BCUT2D eigenvalue weighted by Gasteiger charge is -2.18. The number of anilines is 1. The predicted molar refractivity (Wildman–Crippen MR) is 146 cm³/mol. The fraction of sp³-hybridized carbons (Fsp3) is 0.240. The second-order valence-electron chi connectivity index (χ2n) is 8.61. The van der Waals surface area contributed by atoms with Gasteiger partial charge >= 0.3 is 0 Å². The van der Waals surface area contributed by atoms with Crippen molar-refractivity contribution >= 4 is 25.8 Å². The van der Waals surface area contributed by atoms with Crippen molar-refractivity contribution < 1.29 is 40.5 Å². The van der Waals surface area contributed by atoms with Crippen molar-refractivity contribution in [1.29, 1.82) is 0 Å². The molecule has 0 aliphatic rings. The molecule has 0 saturated carbocycles. The van der Waals surface area contributed by atoms with Crippen LogP contribution in [0.15, 0.2) is 59.5 Å². The van der Waals surface area contributed by atoms with Gasteiger partial charge in [-0.3, -0.25) is 9.29 Å². The fourth-order valence-corrected chi connectivity index (χ4v) is 6.06. The molecule has 218 valence electrons. The van der Waals surface area contributed by atoms with E-state index in [2.05, 4.69) is 19.9 Å². The molecular weight excluding hydrogens is 581 g/mol. The summed E-state index contributed by atoms with van der Waals surface area (Å²) in [6.45, 7) is 0. The highest BCUT2D eigenvalue weighted by molar-refractivity contribution is 7.92. The predicted octanol–water partition coefficient (Wildman–Crippen LogP) is 2.37. The summed E-state index contributed by atoms with van der Waals surface area (Å²) in [5.41, 5.74) is 0.214. The maximum Gasteiger partial charge on any atom is 0.243 e. The van der Waals surface area contributed by atoms with Crippen LogP contribution in [0, 0.1) is 5.82 Å². The van der Waals surface area contributed by atoms with E-state index in [1.54, 1.807) is 36.4 Å². The zero-order valence-corrected chi connectivity index (χ0v) is 23.9. The number of sulfone groups is 1. The second kappa shape index (κ2) is 11.7. The molecule has 16 heteroatoms. The lowest BCUT2D eigenvalue weighted by Crippen LogP contribution is -2.24. The van der Waals surface area contributed by atoms with Crippen molar-refractivity contribution in [1.82, 2.24) is 19.7 Å². The second-order valence-corrected chi connectivity index (χ2v) is 12.4. The Kier molecular flexibility index (Phi) is 8.46. The number of para-hydroxylation sites is 1. The highest BCUT2D eigenvalue weighted by atomic mass is 32.2. The number of hydrogen-bond donors (Lipinski definition) is 2.